The number of rotatable bonds is 1. The molecule has 0 atom stereocenters. The molecule has 2 aromatic heterocycles. The maximum atomic E-state index is 12.4. The Morgan fingerprint density at radius 3 is 2.56 bits per heavy atom. The van der Waals surface area contributed by atoms with Gasteiger partial charge in [0.15, 0.2) is 0 Å². The quantitative estimate of drug-likeness (QED) is 0.748. The van der Waals surface area contributed by atoms with Gasteiger partial charge in [0.1, 0.15) is 0 Å². The van der Waals surface area contributed by atoms with Crippen molar-refractivity contribution < 1.29 is 13.2 Å². The molecule has 0 saturated heterocycles. The second-order valence-electron chi connectivity index (χ2n) is 3.07. The molecule has 0 bridgehead atoms. The van der Waals surface area contributed by atoms with E-state index in [0.717, 1.165) is 12.3 Å². The summed E-state index contributed by atoms with van der Waals surface area (Å²) in [6, 6.07) is 4.17. The number of nitrogens with zero attached hydrogens (tertiary/aromatic N) is 3. The van der Waals surface area contributed by atoms with Crippen LogP contribution in [-0.2, 0) is 6.18 Å². The van der Waals surface area contributed by atoms with Crippen LogP contribution in [0.25, 0.3) is 11.3 Å². The van der Waals surface area contributed by atoms with E-state index < -0.39 is 11.7 Å². The zero-order valence-corrected chi connectivity index (χ0v) is 7.94. The molecule has 2 aromatic rings. The maximum absolute atomic E-state index is 12.4. The minimum Gasteiger partial charge on any atom is -0.263 e. The highest BCUT2D eigenvalue weighted by Gasteiger charge is 2.31. The molecule has 3 nitrogen and oxygen atoms in total. The van der Waals surface area contributed by atoms with Gasteiger partial charge in [-0.2, -0.15) is 23.4 Å². The van der Waals surface area contributed by atoms with E-state index in [1.807, 2.05) is 0 Å². The summed E-state index contributed by atoms with van der Waals surface area (Å²) in [6.07, 6.45) is -0.852. The van der Waals surface area contributed by atoms with E-state index in [4.69, 9.17) is 0 Å². The Morgan fingerprint density at radius 1 is 1.12 bits per heavy atom. The molecular weight excluding hydrogens is 219 g/mol. The first-order valence-electron chi connectivity index (χ1n) is 4.38. The predicted molar refractivity (Wildman–Crippen MR) is 50.3 cm³/mol. The lowest BCUT2D eigenvalue weighted by Crippen LogP contribution is -2.05. The summed E-state index contributed by atoms with van der Waals surface area (Å²) in [4.78, 5) is 3.54. The van der Waals surface area contributed by atoms with E-state index >= 15 is 0 Å². The van der Waals surface area contributed by atoms with Gasteiger partial charge in [0.05, 0.1) is 11.3 Å². The van der Waals surface area contributed by atoms with Crippen molar-refractivity contribution in [1.82, 2.24) is 15.2 Å². The molecule has 0 N–H and O–H groups in total. The van der Waals surface area contributed by atoms with Crippen molar-refractivity contribution in [2.45, 2.75) is 6.18 Å². The topological polar surface area (TPSA) is 38.7 Å². The van der Waals surface area contributed by atoms with E-state index in [1.165, 1.54) is 12.4 Å². The first-order valence-corrected chi connectivity index (χ1v) is 4.38. The van der Waals surface area contributed by atoms with Crippen molar-refractivity contribution in [1.29, 1.82) is 0 Å². The highest BCUT2D eigenvalue weighted by Crippen LogP contribution is 2.30. The molecule has 0 aliphatic rings. The van der Waals surface area contributed by atoms with Crippen LogP contribution in [-0.4, -0.2) is 15.2 Å². The van der Waals surface area contributed by atoms with Crippen LogP contribution in [0.3, 0.4) is 0 Å². The fraction of sp³-hybridized carbons (Fsp3) is 0.100. The van der Waals surface area contributed by atoms with Gasteiger partial charge in [-0.15, -0.1) is 0 Å². The predicted octanol–water partition coefficient (Wildman–Crippen LogP) is 2.56. The lowest BCUT2D eigenvalue weighted by Gasteiger charge is -2.07. The van der Waals surface area contributed by atoms with Crippen molar-refractivity contribution in [3.63, 3.8) is 0 Å². The molecule has 2 heterocycles. The lowest BCUT2D eigenvalue weighted by atomic mass is 10.1. The second kappa shape index (κ2) is 3.88. The van der Waals surface area contributed by atoms with Gasteiger partial charge in [0.25, 0.3) is 0 Å². The largest absolute Gasteiger partial charge is 0.417 e. The Labute approximate surface area is 89.0 Å². The summed E-state index contributed by atoms with van der Waals surface area (Å²) < 4.78 is 37.2. The van der Waals surface area contributed by atoms with Crippen molar-refractivity contribution in [2.75, 3.05) is 0 Å². The number of pyridine rings is 1. The van der Waals surface area contributed by atoms with Gasteiger partial charge < -0.3 is 0 Å². The maximum Gasteiger partial charge on any atom is 0.417 e. The summed E-state index contributed by atoms with van der Waals surface area (Å²) in [5.74, 6) is 0. The summed E-state index contributed by atoms with van der Waals surface area (Å²) in [7, 11) is 0. The van der Waals surface area contributed by atoms with Crippen molar-refractivity contribution in [3.05, 3.63) is 42.4 Å². The second-order valence-corrected chi connectivity index (χ2v) is 3.07. The third-order valence-electron chi connectivity index (χ3n) is 1.93. The number of halogens is 3. The molecular formula is C10H6F3N3. The van der Waals surface area contributed by atoms with Gasteiger partial charge in [-0.3, -0.25) is 4.98 Å². The minimum absolute atomic E-state index is 0.294. The van der Waals surface area contributed by atoms with E-state index in [2.05, 4.69) is 15.2 Å². The minimum atomic E-state index is -4.40. The van der Waals surface area contributed by atoms with Gasteiger partial charge in [-0.1, -0.05) is 0 Å². The van der Waals surface area contributed by atoms with Crippen LogP contribution in [0.4, 0.5) is 13.2 Å². The zero-order chi connectivity index (χ0) is 11.6. The first-order chi connectivity index (χ1) is 7.57. The number of aromatic nitrogens is 3. The van der Waals surface area contributed by atoms with Crippen LogP contribution in [0.1, 0.15) is 5.56 Å². The molecule has 6 heteroatoms. The van der Waals surface area contributed by atoms with Gasteiger partial charge >= 0.3 is 6.18 Å². The van der Waals surface area contributed by atoms with Crippen LogP contribution < -0.4 is 0 Å². The molecule has 0 aromatic carbocycles. The van der Waals surface area contributed by atoms with E-state index in [9.17, 15) is 13.2 Å². The molecule has 0 aliphatic carbocycles. The number of alkyl halides is 3. The van der Waals surface area contributed by atoms with Gasteiger partial charge in [0.2, 0.25) is 0 Å². The van der Waals surface area contributed by atoms with Crippen LogP contribution in [0.5, 0.6) is 0 Å². The number of hydrogen-bond donors (Lipinski definition) is 0. The molecule has 0 aliphatic heterocycles. The Balaban J connectivity index is 2.45. The molecule has 82 valence electrons. The van der Waals surface area contributed by atoms with Gasteiger partial charge in [0, 0.05) is 24.2 Å². The Morgan fingerprint density at radius 2 is 1.94 bits per heavy atom. The Bertz CT molecular complexity index is 482. The van der Waals surface area contributed by atoms with Crippen LogP contribution in [0.2, 0.25) is 0 Å². The van der Waals surface area contributed by atoms with Crippen LogP contribution >= 0.6 is 0 Å². The van der Waals surface area contributed by atoms with E-state index in [1.54, 1.807) is 12.1 Å². The summed E-state index contributed by atoms with van der Waals surface area (Å²) in [6.45, 7) is 0. The highest BCUT2D eigenvalue weighted by molar-refractivity contribution is 5.57. The van der Waals surface area contributed by atoms with Crippen molar-refractivity contribution in [2.24, 2.45) is 0 Å². The SMILES string of the molecule is FC(F)(F)c1cncc(-c2cccnn2)c1. The Kier molecular flexibility index (Phi) is 2.55. The van der Waals surface area contributed by atoms with Crippen molar-refractivity contribution >= 4 is 0 Å². The van der Waals surface area contributed by atoms with Crippen LogP contribution in [0, 0.1) is 0 Å². The summed E-state index contributed by atoms with van der Waals surface area (Å²) >= 11 is 0. The molecule has 0 radical (unpaired) electrons. The highest BCUT2D eigenvalue weighted by atomic mass is 19.4. The monoisotopic (exact) mass is 225 g/mol. The third kappa shape index (κ3) is 2.16. The molecule has 0 saturated carbocycles. The fourth-order valence-corrected chi connectivity index (χ4v) is 1.19. The van der Waals surface area contributed by atoms with Crippen LogP contribution in [0.15, 0.2) is 36.8 Å². The molecule has 2 rings (SSSR count). The first kappa shape index (κ1) is 10.5. The van der Waals surface area contributed by atoms with E-state index in [0.29, 0.717) is 11.3 Å². The van der Waals surface area contributed by atoms with Gasteiger partial charge in [-0.25, -0.2) is 0 Å². The normalized spacial score (nSPS) is 11.4. The summed E-state index contributed by atoms with van der Waals surface area (Å²) in [5, 5.41) is 7.31. The summed E-state index contributed by atoms with van der Waals surface area (Å²) in [5.41, 5.74) is -0.139. The van der Waals surface area contributed by atoms with Crippen molar-refractivity contribution in [3.8, 4) is 11.3 Å². The smallest absolute Gasteiger partial charge is 0.263 e. The van der Waals surface area contributed by atoms with E-state index in [-0.39, 0.29) is 0 Å². The lowest BCUT2D eigenvalue weighted by molar-refractivity contribution is -0.137. The molecule has 0 unspecified atom stereocenters. The zero-order valence-electron chi connectivity index (χ0n) is 7.94. The molecule has 0 spiro atoms. The average molecular weight is 225 g/mol. The number of hydrogen-bond acceptors (Lipinski definition) is 3. The molecule has 16 heavy (non-hydrogen) atoms. The molecule has 0 amide bonds. The Hall–Kier alpha value is -1.98. The third-order valence-corrected chi connectivity index (χ3v) is 1.93. The standard InChI is InChI=1S/C10H6F3N3/c11-10(12,13)8-4-7(5-14-6-8)9-2-1-3-15-16-9/h1-6H. The average Bonchev–Trinajstić information content (AvgIpc) is 2.29. The van der Waals surface area contributed by atoms with Gasteiger partial charge in [-0.05, 0) is 18.2 Å². The molecule has 0 fully saturated rings. The fourth-order valence-electron chi connectivity index (χ4n) is 1.19.